The molecule has 2 aromatic heterocycles. The van der Waals surface area contributed by atoms with Crippen LogP contribution in [0.5, 0.6) is 0 Å². The molecule has 1 N–H and O–H groups in total. The highest BCUT2D eigenvalue weighted by Gasteiger charge is 2.08. The third kappa shape index (κ3) is 5.08. The summed E-state index contributed by atoms with van der Waals surface area (Å²) in [6.07, 6.45) is 0. The van der Waals surface area contributed by atoms with Gasteiger partial charge in [0.15, 0.2) is 5.82 Å². The first kappa shape index (κ1) is 16.9. The second kappa shape index (κ2) is 8.87. The highest BCUT2D eigenvalue weighted by Crippen LogP contribution is 2.16. The lowest BCUT2D eigenvalue weighted by Crippen LogP contribution is -2.25. The maximum Gasteiger partial charge on any atom is 0.266 e. The molecule has 0 radical (unpaired) electrons. The van der Waals surface area contributed by atoms with E-state index >= 15 is 0 Å². The molecular weight excluding hydrogens is 316 g/mol. The molecule has 118 valence electrons. The minimum absolute atomic E-state index is 0.147. The summed E-state index contributed by atoms with van der Waals surface area (Å²) in [5.41, 5.74) is 0. The molecule has 2 aromatic rings. The van der Waals surface area contributed by atoms with Gasteiger partial charge in [-0.2, -0.15) is 0 Å². The molecule has 7 heteroatoms. The Morgan fingerprint density at radius 1 is 1.27 bits per heavy atom. The van der Waals surface area contributed by atoms with Crippen LogP contribution in [-0.4, -0.2) is 46.4 Å². The molecule has 0 fully saturated rings. The maximum atomic E-state index is 11.9. The quantitative estimate of drug-likeness (QED) is 0.750. The van der Waals surface area contributed by atoms with E-state index in [0.29, 0.717) is 10.7 Å². The summed E-state index contributed by atoms with van der Waals surface area (Å²) in [6.45, 7) is 7.50. The molecule has 0 saturated carbocycles. The van der Waals surface area contributed by atoms with Crippen molar-refractivity contribution in [1.82, 2.24) is 15.1 Å². The topological polar surface area (TPSA) is 58.1 Å². The van der Waals surface area contributed by atoms with Crippen molar-refractivity contribution in [3.63, 3.8) is 0 Å². The van der Waals surface area contributed by atoms with Crippen LogP contribution in [0.15, 0.2) is 34.7 Å². The van der Waals surface area contributed by atoms with Gasteiger partial charge in [-0.25, -0.2) is 0 Å². The van der Waals surface area contributed by atoms with E-state index in [9.17, 15) is 4.79 Å². The summed E-state index contributed by atoms with van der Waals surface area (Å²) in [7, 11) is 0. The predicted octanol–water partition coefficient (Wildman–Crippen LogP) is 3.22. The molecule has 0 aliphatic heterocycles. The van der Waals surface area contributed by atoms with Crippen LogP contribution in [-0.2, 0) is 0 Å². The van der Waals surface area contributed by atoms with Gasteiger partial charge in [0.05, 0.1) is 4.88 Å². The van der Waals surface area contributed by atoms with Gasteiger partial charge >= 0.3 is 0 Å². The number of anilines is 1. The zero-order valence-electron chi connectivity index (χ0n) is 12.8. The van der Waals surface area contributed by atoms with Gasteiger partial charge in [0.1, 0.15) is 5.03 Å². The summed E-state index contributed by atoms with van der Waals surface area (Å²) in [4.78, 5) is 14.9. The highest BCUT2D eigenvalue weighted by molar-refractivity contribution is 7.99. The molecule has 0 unspecified atom stereocenters. The van der Waals surface area contributed by atoms with Crippen LogP contribution in [0.3, 0.4) is 0 Å². The zero-order chi connectivity index (χ0) is 15.8. The van der Waals surface area contributed by atoms with Crippen molar-refractivity contribution in [2.45, 2.75) is 18.9 Å². The van der Waals surface area contributed by atoms with Crippen molar-refractivity contribution >= 4 is 34.8 Å². The molecule has 0 bridgehead atoms. The van der Waals surface area contributed by atoms with Crippen molar-refractivity contribution in [3.05, 3.63) is 34.5 Å². The summed E-state index contributed by atoms with van der Waals surface area (Å²) in [6, 6.07) is 7.31. The molecule has 0 saturated heterocycles. The third-order valence-corrected chi connectivity index (χ3v) is 4.95. The standard InChI is InChI=1S/C15H20N4OS2/c1-3-19(4-2)9-11-22-14-8-7-13(17-18-14)16-15(20)12-6-5-10-21-12/h5-8,10H,3-4,9,11H2,1-2H3,(H,16,17,20). The Hall–Kier alpha value is -1.44. The first-order chi connectivity index (χ1) is 10.7. The fourth-order valence-electron chi connectivity index (χ4n) is 1.87. The molecule has 1 amide bonds. The molecule has 2 heterocycles. The molecule has 0 aliphatic carbocycles. The summed E-state index contributed by atoms with van der Waals surface area (Å²) in [5.74, 6) is 1.31. The Labute approximate surface area is 139 Å². The smallest absolute Gasteiger partial charge is 0.266 e. The van der Waals surface area contributed by atoms with Crippen molar-refractivity contribution in [2.75, 3.05) is 30.7 Å². The predicted molar refractivity (Wildman–Crippen MR) is 92.8 cm³/mol. The van der Waals surface area contributed by atoms with Gasteiger partial charge in [-0.05, 0) is 36.7 Å². The number of carbonyl (C=O) groups is 1. The Morgan fingerprint density at radius 2 is 2.09 bits per heavy atom. The average molecular weight is 336 g/mol. The Kier molecular flexibility index (Phi) is 6.82. The van der Waals surface area contributed by atoms with Crippen LogP contribution in [0.25, 0.3) is 0 Å². The Balaban J connectivity index is 1.81. The molecule has 0 atom stereocenters. The molecule has 0 aromatic carbocycles. The van der Waals surface area contributed by atoms with E-state index in [0.717, 1.165) is 30.4 Å². The summed E-state index contributed by atoms with van der Waals surface area (Å²) in [5, 5.41) is 13.7. The van der Waals surface area contributed by atoms with Crippen molar-refractivity contribution in [1.29, 1.82) is 0 Å². The maximum absolute atomic E-state index is 11.9. The van der Waals surface area contributed by atoms with E-state index in [1.165, 1.54) is 11.3 Å². The normalized spacial score (nSPS) is 10.9. The van der Waals surface area contributed by atoms with Gasteiger partial charge in [0.25, 0.3) is 5.91 Å². The third-order valence-electron chi connectivity index (χ3n) is 3.18. The van der Waals surface area contributed by atoms with Crippen LogP contribution in [0.4, 0.5) is 5.82 Å². The van der Waals surface area contributed by atoms with E-state index in [1.54, 1.807) is 23.9 Å². The van der Waals surface area contributed by atoms with Gasteiger partial charge < -0.3 is 10.2 Å². The fraction of sp³-hybridized carbons (Fsp3) is 0.400. The van der Waals surface area contributed by atoms with Crippen LogP contribution in [0.2, 0.25) is 0 Å². The second-order valence-corrected chi connectivity index (χ2v) is 6.63. The first-order valence-electron chi connectivity index (χ1n) is 7.26. The minimum Gasteiger partial charge on any atom is -0.304 e. The number of carbonyl (C=O) groups excluding carboxylic acids is 1. The number of nitrogens with one attached hydrogen (secondary N) is 1. The minimum atomic E-state index is -0.147. The Bertz CT molecular complexity index is 568. The number of thiophene rings is 1. The van der Waals surface area contributed by atoms with Gasteiger partial charge in [0, 0.05) is 12.3 Å². The SMILES string of the molecule is CCN(CC)CCSc1ccc(NC(=O)c2cccs2)nn1. The molecular formula is C15H20N4OS2. The molecule has 22 heavy (non-hydrogen) atoms. The molecule has 0 aliphatic rings. The fourth-order valence-corrected chi connectivity index (χ4v) is 3.31. The number of hydrogen-bond acceptors (Lipinski definition) is 6. The van der Waals surface area contributed by atoms with Gasteiger partial charge in [-0.15, -0.1) is 33.3 Å². The lowest BCUT2D eigenvalue weighted by molar-refractivity contribution is 0.103. The number of aromatic nitrogens is 2. The molecule has 2 rings (SSSR count). The summed E-state index contributed by atoms with van der Waals surface area (Å²) >= 11 is 3.08. The van der Waals surface area contributed by atoms with Crippen molar-refractivity contribution in [2.24, 2.45) is 0 Å². The van der Waals surface area contributed by atoms with Crippen LogP contribution in [0.1, 0.15) is 23.5 Å². The lowest BCUT2D eigenvalue weighted by Gasteiger charge is -2.16. The van der Waals surface area contributed by atoms with Gasteiger partial charge in [0.2, 0.25) is 0 Å². The monoisotopic (exact) mass is 336 g/mol. The zero-order valence-corrected chi connectivity index (χ0v) is 14.4. The number of rotatable bonds is 8. The van der Waals surface area contributed by atoms with E-state index in [1.807, 2.05) is 17.5 Å². The highest BCUT2D eigenvalue weighted by atomic mass is 32.2. The van der Waals surface area contributed by atoms with Crippen LogP contribution in [0, 0.1) is 0 Å². The van der Waals surface area contributed by atoms with Crippen molar-refractivity contribution < 1.29 is 4.79 Å². The van der Waals surface area contributed by atoms with Crippen LogP contribution < -0.4 is 5.32 Å². The average Bonchev–Trinajstić information content (AvgIpc) is 3.08. The number of nitrogens with zero attached hydrogens (tertiary/aromatic N) is 3. The van der Waals surface area contributed by atoms with E-state index in [2.05, 4.69) is 34.3 Å². The lowest BCUT2D eigenvalue weighted by atomic mass is 10.4. The Morgan fingerprint density at radius 3 is 2.68 bits per heavy atom. The molecule has 0 spiro atoms. The molecule has 5 nitrogen and oxygen atoms in total. The largest absolute Gasteiger partial charge is 0.304 e. The second-order valence-electron chi connectivity index (χ2n) is 4.56. The summed E-state index contributed by atoms with van der Waals surface area (Å²) < 4.78 is 0. The number of amides is 1. The van der Waals surface area contributed by atoms with E-state index in [-0.39, 0.29) is 5.91 Å². The van der Waals surface area contributed by atoms with Gasteiger partial charge in [-0.1, -0.05) is 19.9 Å². The van der Waals surface area contributed by atoms with E-state index < -0.39 is 0 Å². The van der Waals surface area contributed by atoms with Crippen molar-refractivity contribution in [3.8, 4) is 0 Å². The number of hydrogen-bond donors (Lipinski definition) is 1. The van der Waals surface area contributed by atoms with E-state index in [4.69, 9.17) is 0 Å². The first-order valence-corrected chi connectivity index (χ1v) is 9.13. The van der Waals surface area contributed by atoms with Crippen LogP contribution >= 0.6 is 23.1 Å². The van der Waals surface area contributed by atoms with Gasteiger partial charge in [-0.3, -0.25) is 4.79 Å². The number of thioether (sulfide) groups is 1.